The Morgan fingerprint density at radius 3 is 2.94 bits per heavy atom. The Kier molecular flexibility index (Phi) is 6.60. The van der Waals surface area contributed by atoms with E-state index in [0.717, 1.165) is 6.42 Å². The number of benzene rings is 1. The molecule has 1 N–H and O–H groups in total. The first kappa shape index (κ1) is 15.4. The Labute approximate surface area is 119 Å². The van der Waals surface area contributed by atoms with E-state index in [-0.39, 0.29) is 15.8 Å². The molecule has 1 atom stereocenters. The van der Waals surface area contributed by atoms with Crippen molar-refractivity contribution in [3.05, 3.63) is 34.6 Å². The predicted molar refractivity (Wildman–Crippen MR) is 73.0 cm³/mol. The second kappa shape index (κ2) is 7.71. The summed E-state index contributed by atoms with van der Waals surface area (Å²) in [4.78, 5) is 11.9. The fourth-order valence-electron chi connectivity index (χ4n) is 1.35. The molecule has 100 valence electrons. The number of ether oxygens (including phenoxy) is 1. The van der Waals surface area contributed by atoms with Crippen molar-refractivity contribution in [3.8, 4) is 0 Å². The number of rotatable bonds is 6. The zero-order chi connectivity index (χ0) is 13.5. The fraction of sp³-hybridized carbons (Fsp3) is 0.417. The summed E-state index contributed by atoms with van der Waals surface area (Å²) in [6.45, 7) is 1.09. The standard InChI is InChI=1S/C12H14BrClFNO2/c1-18-7-9(13)4-5-16-12(17)8-2-3-11(15)10(14)6-8/h2-3,6,9H,4-5,7H2,1H3,(H,16,17). The van der Waals surface area contributed by atoms with Gasteiger partial charge in [0.1, 0.15) is 5.82 Å². The summed E-state index contributed by atoms with van der Waals surface area (Å²) in [6.07, 6.45) is 0.745. The van der Waals surface area contributed by atoms with Gasteiger partial charge in [0.05, 0.1) is 11.6 Å². The second-order valence-electron chi connectivity index (χ2n) is 3.73. The van der Waals surface area contributed by atoms with Gasteiger partial charge in [-0.05, 0) is 24.6 Å². The Bertz CT molecular complexity index is 417. The highest BCUT2D eigenvalue weighted by molar-refractivity contribution is 9.09. The van der Waals surface area contributed by atoms with Gasteiger partial charge in [0.15, 0.2) is 0 Å². The average molecular weight is 339 g/mol. The van der Waals surface area contributed by atoms with Crippen molar-refractivity contribution >= 4 is 33.4 Å². The molecule has 0 saturated heterocycles. The minimum Gasteiger partial charge on any atom is -0.384 e. The van der Waals surface area contributed by atoms with Crippen LogP contribution in [0.25, 0.3) is 0 Å². The lowest BCUT2D eigenvalue weighted by molar-refractivity contribution is 0.0952. The molecule has 0 aliphatic carbocycles. The van der Waals surface area contributed by atoms with E-state index in [1.165, 1.54) is 18.2 Å². The monoisotopic (exact) mass is 337 g/mol. The molecule has 0 bridgehead atoms. The number of halogens is 3. The average Bonchev–Trinajstić information content (AvgIpc) is 2.33. The summed E-state index contributed by atoms with van der Waals surface area (Å²) in [7, 11) is 1.62. The van der Waals surface area contributed by atoms with Crippen LogP contribution in [0.4, 0.5) is 4.39 Å². The van der Waals surface area contributed by atoms with Crippen molar-refractivity contribution in [1.82, 2.24) is 5.32 Å². The molecule has 1 aromatic rings. The molecular weight excluding hydrogens is 324 g/mol. The van der Waals surface area contributed by atoms with E-state index in [4.69, 9.17) is 16.3 Å². The molecule has 1 unspecified atom stereocenters. The third-order valence-electron chi connectivity index (χ3n) is 2.27. The first-order valence-electron chi connectivity index (χ1n) is 5.41. The van der Waals surface area contributed by atoms with Crippen molar-refractivity contribution in [2.24, 2.45) is 0 Å². The van der Waals surface area contributed by atoms with E-state index in [2.05, 4.69) is 21.2 Å². The van der Waals surface area contributed by atoms with Crippen molar-refractivity contribution in [3.63, 3.8) is 0 Å². The molecule has 3 nitrogen and oxygen atoms in total. The van der Waals surface area contributed by atoms with Crippen LogP contribution in [0.15, 0.2) is 18.2 Å². The minimum absolute atomic E-state index is 0.0552. The number of amides is 1. The van der Waals surface area contributed by atoms with Gasteiger partial charge in [-0.3, -0.25) is 4.79 Å². The van der Waals surface area contributed by atoms with Crippen molar-refractivity contribution < 1.29 is 13.9 Å². The lowest BCUT2D eigenvalue weighted by Gasteiger charge is -2.09. The van der Waals surface area contributed by atoms with Crippen LogP contribution in [0, 0.1) is 5.82 Å². The summed E-state index contributed by atoms with van der Waals surface area (Å²) in [5.41, 5.74) is 0.347. The van der Waals surface area contributed by atoms with Crippen molar-refractivity contribution in [2.45, 2.75) is 11.2 Å². The van der Waals surface area contributed by atoms with E-state index in [1.54, 1.807) is 7.11 Å². The molecule has 18 heavy (non-hydrogen) atoms. The maximum Gasteiger partial charge on any atom is 0.251 e. The van der Waals surface area contributed by atoms with Crippen LogP contribution in [0.2, 0.25) is 5.02 Å². The Morgan fingerprint density at radius 2 is 2.33 bits per heavy atom. The van der Waals surface area contributed by atoms with Gasteiger partial charge in [-0.25, -0.2) is 4.39 Å². The van der Waals surface area contributed by atoms with Crippen LogP contribution in [-0.2, 0) is 4.74 Å². The van der Waals surface area contributed by atoms with Crippen LogP contribution in [0.1, 0.15) is 16.8 Å². The highest BCUT2D eigenvalue weighted by atomic mass is 79.9. The van der Waals surface area contributed by atoms with E-state index >= 15 is 0 Å². The molecule has 1 amide bonds. The Balaban J connectivity index is 2.43. The number of alkyl halides is 1. The molecule has 0 spiro atoms. The summed E-state index contributed by atoms with van der Waals surface area (Å²) < 4.78 is 17.9. The summed E-state index contributed by atoms with van der Waals surface area (Å²) in [6, 6.07) is 3.89. The molecular formula is C12H14BrClFNO2. The normalized spacial score (nSPS) is 12.2. The predicted octanol–water partition coefficient (Wildman–Crippen LogP) is 3.01. The number of hydrogen-bond donors (Lipinski definition) is 1. The zero-order valence-electron chi connectivity index (χ0n) is 9.88. The van der Waals surface area contributed by atoms with E-state index in [9.17, 15) is 9.18 Å². The van der Waals surface area contributed by atoms with Gasteiger partial charge in [-0.1, -0.05) is 27.5 Å². The molecule has 0 aliphatic rings. The third kappa shape index (κ3) is 4.92. The van der Waals surface area contributed by atoms with Gasteiger partial charge >= 0.3 is 0 Å². The van der Waals surface area contributed by atoms with Gasteiger partial charge in [-0.15, -0.1) is 0 Å². The number of carbonyl (C=O) groups excluding carboxylic acids is 1. The largest absolute Gasteiger partial charge is 0.384 e. The first-order valence-corrected chi connectivity index (χ1v) is 6.70. The minimum atomic E-state index is -0.533. The van der Waals surface area contributed by atoms with Crippen LogP contribution >= 0.6 is 27.5 Å². The molecule has 1 rings (SSSR count). The number of nitrogens with one attached hydrogen (secondary N) is 1. The maximum atomic E-state index is 12.9. The molecule has 0 saturated carbocycles. The lowest BCUT2D eigenvalue weighted by atomic mass is 10.2. The summed E-state index contributed by atoms with van der Waals surface area (Å²) in [5, 5.41) is 2.67. The SMILES string of the molecule is COCC(Br)CCNC(=O)c1ccc(F)c(Cl)c1. The van der Waals surface area contributed by atoms with Crippen molar-refractivity contribution in [2.75, 3.05) is 20.3 Å². The van der Waals surface area contributed by atoms with Crippen molar-refractivity contribution in [1.29, 1.82) is 0 Å². The topological polar surface area (TPSA) is 38.3 Å². The van der Waals surface area contributed by atoms with E-state index in [1.807, 2.05) is 0 Å². The summed E-state index contributed by atoms with van der Waals surface area (Å²) in [5.74, 6) is -0.803. The lowest BCUT2D eigenvalue weighted by Crippen LogP contribution is -2.26. The van der Waals surface area contributed by atoms with Gasteiger partial charge in [0.25, 0.3) is 5.91 Å². The Hall–Kier alpha value is -0.650. The number of carbonyl (C=O) groups is 1. The van der Waals surface area contributed by atoms with E-state index in [0.29, 0.717) is 18.7 Å². The zero-order valence-corrected chi connectivity index (χ0v) is 12.2. The smallest absolute Gasteiger partial charge is 0.251 e. The molecule has 0 fully saturated rings. The maximum absolute atomic E-state index is 12.9. The van der Waals surface area contributed by atoms with Crippen LogP contribution < -0.4 is 5.32 Å². The quantitative estimate of drug-likeness (QED) is 0.810. The molecule has 0 aromatic heterocycles. The fourth-order valence-corrected chi connectivity index (χ4v) is 2.02. The molecule has 6 heteroatoms. The molecule has 0 heterocycles. The van der Waals surface area contributed by atoms with E-state index < -0.39 is 5.82 Å². The highest BCUT2D eigenvalue weighted by Gasteiger charge is 2.09. The van der Waals surface area contributed by atoms with Gasteiger partial charge in [0, 0.05) is 24.0 Å². The molecule has 0 radical (unpaired) electrons. The van der Waals surface area contributed by atoms with Gasteiger partial charge < -0.3 is 10.1 Å². The first-order chi connectivity index (χ1) is 8.54. The van der Waals surface area contributed by atoms with Crippen LogP contribution in [-0.4, -0.2) is 31.0 Å². The highest BCUT2D eigenvalue weighted by Crippen LogP contribution is 2.15. The number of hydrogen-bond acceptors (Lipinski definition) is 2. The molecule has 0 aliphatic heterocycles. The third-order valence-corrected chi connectivity index (χ3v) is 3.28. The van der Waals surface area contributed by atoms with Crippen LogP contribution in [0.3, 0.4) is 0 Å². The van der Waals surface area contributed by atoms with Gasteiger partial charge in [0.2, 0.25) is 0 Å². The summed E-state index contributed by atoms with van der Waals surface area (Å²) >= 11 is 9.02. The van der Waals surface area contributed by atoms with Gasteiger partial charge in [-0.2, -0.15) is 0 Å². The molecule has 1 aromatic carbocycles. The number of methoxy groups -OCH3 is 1. The van der Waals surface area contributed by atoms with Crippen LogP contribution in [0.5, 0.6) is 0 Å². The Morgan fingerprint density at radius 1 is 1.61 bits per heavy atom. The second-order valence-corrected chi connectivity index (χ2v) is 5.43.